The third-order valence-corrected chi connectivity index (χ3v) is 3.21. The molecule has 122 valence electrons. The first kappa shape index (κ1) is 18.3. The van der Waals surface area contributed by atoms with Gasteiger partial charge in [0.2, 0.25) is 0 Å². The lowest BCUT2D eigenvalue weighted by Crippen LogP contribution is -2.40. The second-order valence-electron chi connectivity index (χ2n) is 4.86. The van der Waals surface area contributed by atoms with E-state index in [9.17, 15) is 9.59 Å². The van der Waals surface area contributed by atoms with Crippen LogP contribution in [0.3, 0.4) is 0 Å². The molecule has 0 aliphatic carbocycles. The minimum atomic E-state index is -0.884. The van der Waals surface area contributed by atoms with Crippen molar-refractivity contribution in [1.29, 1.82) is 0 Å². The average molecular weight is 329 g/mol. The SMILES string of the molecule is O=C(O)CCCNC(=O)N(CCCO)Cc1cccc(Cl)c1. The minimum absolute atomic E-state index is 0.00165. The summed E-state index contributed by atoms with van der Waals surface area (Å²) in [6, 6.07) is 6.95. The number of rotatable bonds is 9. The summed E-state index contributed by atoms with van der Waals surface area (Å²) in [6.45, 7) is 1.09. The van der Waals surface area contributed by atoms with Crippen molar-refractivity contribution in [3.05, 3.63) is 34.9 Å². The lowest BCUT2D eigenvalue weighted by molar-refractivity contribution is -0.137. The van der Waals surface area contributed by atoms with Crippen molar-refractivity contribution in [1.82, 2.24) is 10.2 Å². The van der Waals surface area contributed by atoms with Crippen LogP contribution in [-0.2, 0) is 11.3 Å². The van der Waals surface area contributed by atoms with Crippen molar-refractivity contribution in [2.45, 2.75) is 25.8 Å². The van der Waals surface area contributed by atoms with E-state index in [0.717, 1.165) is 5.56 Å². The molecule has 0 fully saturated rings. The Morgan fingerprint density at radius 2 is 2.05 bits per heavy atom. The molecule has 0 atom stereocenters. The molecule has 2 amide bonds. The van der Waals surface area contributed by atoms with E-state index < -0.39 is 5.97 Å². The smallest absolute Gasteiger partial charge is 0.317 e. The number of benzene rings is 1. The van der Waals surface area contributed by atoms with E-state index in [1.165, 1.54) is 0 Å². The summed E-state index contributed by atoms with van der Waals surface area (Å²) in [6.07, 6.45) is 0.875. The number of carbonyl (C=O) groups is 2. The molecule has 3 N–H and O–H groups in total. The summed E-state index contributed by atoms with van der Waals surface area (Å²) in [5, 5.41) is 20.8. The molecule has 0 unspecified atom stereocenters. The normalized spacial score (nSPS) is 10.3. The second-order valence-corrected chi connectivity index (χ2v) is 5.29. The molecule has 0 heterocycles. The average Bonchev–Trinajstić information content (AvgIpc) is 2.47. The lowest BCUT2D eigenvalue weighted by Gasteiger charge is -2.23. The van der Waals surface area contributed by atoms with Crippen LogP contribution < -0.4 is 5.32 Å². The number of aliphatic hydroxyl groups is 1. The van der Waals surface area contributed by atoms with Crippen molar-refractivity contribution in [2.75, 3.05) is 19.7 Å². The van der Waals surface area contributed by atoms with Gasteiger partial charge in [0.05, 0.1) is 0 Å². The molecule has 0 aliphatic rings. The summed E-state index contributed by atoms with van der Waals surface area (Å²) in [5.74, 6) is -0.884. The molecule has 0 bridgehead atoms. The molecule has 0 spiro atoms. The predicted octanol–water partition coefficient (Wildman–Crippen LogP) is 2.10. The van der Waals surface area contributed by atoms with E-state index in [1.807, 2.05) is 12.1 Å². The Morgan fingerprint density at radius 1 is 1.27 bits per heavy atom. The van der Waals surface area contributed by atoms with Gasteiger partial charge in [-0.25, -0.2) is 4.79 Å². The molecule has 0 saturated heterocycles. The number of aliphatic carboxylic acids is 1. The maximum atomic E-state index is 12.1. The molecular formula is C15H21ClN2O4. The van der Waals surface area contributed by atoms with Gasteiger partial charge in [0, 0.05) is 37.7 Å². The third-order valence-electron chi connectivity index (χ3n) is 2.98. The van der Waals surface area contributed by atoms with Crippen molar-refractivity contribution in [2.24, 2.45) is 0 Å². The van der Waals surface area contributed by atoms with Crippen LogP contribution in [0.2, 0.25) is 5.02 Å². The van der Waals surface area contributed by atoms with Crippen molar-refractivity contribution >= 4 is 23.6 Å². The molecular weight excluding hydrogens is 308 g/mol. The fraction of sp³-hybridized carbons (Fsp3) is 0.467. The topological polar surface area (TPSA) is 89.9 Å². The van der Waals surface area contributed by atoms with Gasteiger partial charge in [-0.15, -0.1) is 0 Å². The van der Waals surface area contributed by atoms with E-state index in [-0.39, 0.29) is 19.1 Å². The Labute approximate surface area is 134 Å². The number of nitrogens with one attached hydrogen (secondary N) is 1. The van der Waals surface area contributed by atoms with Crippen LogP contribution in [-0.4, -0.2) is 46.8 Å². The van der Waals surface area contributed by atoms with Crippen LogP contribution in [0.25, 0.3) is 0 Å². The Kier molecular flexibility index (Phi) is 8.32. The second kappa shape index (κ2) is 10.0. The summed E-state index contributed by atoms with van der Waals surface area (Å²) in [5.41, 5.74) is 0.895. The Hall–Kier alpha value is -1.79. The van der Waals surface area contributed by atoms with Gasteiger partial charge in [0.15, 0.2) is 0 Å². The number of urea groups is 1. The number of carboxylic acid groups (broad SMARTS) is 1. The molecule has 6 nitrogen and oxygen atoms in total. The Balaban J connectivity index is 2.55. The van der Waals surface area contributed by atoms with Crippen molar-refractivity contribution in [3.63, 3.8) is 0 Å². The van der Waals surface area contributed by atoms with Gasteiger partial charge in [0.1, 0.15) is 0 Å². The zero-order chi connectivity index (χ0) is 16.4. The standard InChI is InChI=1S/C15H21ClN2O4/c16-13-5-1-4-12(10-13)11-18(8-3-9-19)15(22)17-7-2-6-14(20)21/h1,4-5,10,19H,2-3,6-9,11H2,(H,17,22)(H,20,21). The van der Waals surface area contributed by atoms with Crippen LogP contribution in [0.1, 0.15) is 24.8 Å². The zero-order valence-corrected chi connectivity index (χ0v) is 13.1. The van der Waals surface area contributed by atoms with E-state index in [0.29, 0.717) is 37.5 Å². The van der Waals surface area contributed by atoms with Crippen LogP contribution in [0.5, 0.6) is 0 Å². The number of carbonyl (C=O) groups excluding carboxylic acids is 1. The van der Waals surface area contributed by atoms with E-state index in [2.05, 4.69) is 5.32 Å². The Morgan fingerprint density at radius 3 is 2.68 bits per heavy atom. The van der Waals surface area contributed by atoms with Gasteiger partial charge in [-0.1, -0.05) is 23.7 Å². The number of amides is 2. The summed E-state index contributed by atoms with van der Waals surface area (Å²) in [7, 11) is 0. The van der Waals surface area contributed by atoms with Gasteiger partial charge in [-0.2, -0.15) is 0 Å². The largest absolute Gasteiger partial charge is 0.481 e. The monoisotopic (exact) mass is 328 g/mol. The lowest BCUT2D eigenvalue weighted by atomic mass is 10.2. The van der Waals surface area contributed by atoms with Gasteiger partial charge in [0.25, 0.3) is 0 Å². The maximum Gasteiger partial charge on any atom is 0.317 e. The Bertz CT molecular complexity index is 496. The highest BCUT2D eigenvalue weighted by Crippen LogP contribution is 2.13. The van der Waals surface area contributed by atoms with Crippen LogP contribution in [0.15, 0.2) is 24.3 Å². The number of hydrogen-bond acceptors (Lipinski definition) is 3. The highest BCUT2D eigenvalue weighted by atomic mass is 35.5. The molecule has 0 saturated carbocycles. The van der Waals surface area contributed by atoms with E-state index >= 15 is 0 Å². The third kappa shape index (κ3) is 7.28. The summed E-state index contributed by atoms with van der Waals surface area (Å²) >= 11 is 5.93. The number of nitrogens with zero attached hydrogens (tertiary/aromatic N) is 1. The first-order valence-corrected chi connectivity index (χ1v) is 7.50. The van der Waals surface area contributed by atoms with E-state index in [1.54, 1.807) is 17.0 Å². The number of carboxylic acids is 1. The molecule has 7 heteroatoms. The molecule has 1 aromatic carbocycles. The molecule has 0 aromatic heterocycles. The van der Waals surface area contributed by atoms with Crippen LogP contribution in [0.4, 0.5) is 4.79 Å². The molecule has 1 rings (SSSR count). The maximum absolute atomic E-state index is 12.1. The minimum Gasteiger partial charge on any atom is -0.481 e. The van der Waals surface area contributed by atoms with Crippen molar-refractivity contribution < 1.29 is 19.8 Å². The first-order valence-electron chi connectivity index (χ1n) is 7.13. The van der Waals surface area contributed by atoms with Gasteiger partial charge in [-0.05, 0) is 30.5 Å². The van der Waals surface area contributed by atoms with E-state index in [4.69, 9.17) is 21.8 Å². The molecule has 1 aromatic rings. The number of hydrogen-bond donors (Lipinski definition) is 3. The summed E-state index contributed by atoms with van der Waals surface area (Å²) < 4.78 is 0. The van der Waals surface area contributed by atoms with Crippen LogP contribution >= 0.6 is 11.6 Å². The fourth-order valence-corrected chi connectivity index (χ4v) is 2.13. The van der Waals surface area contributed by atoms with Gasteiger partial charge in [-0.3, -0.25) is 4.79 Å². The highest BCUT2D eigenvalue weighted by molar-refractivity contribution is 6.30. The fourth-order valence-electron chi connectivity index (χ4n) is 1.92. The molecule has 0 radical (unpaired) electrons. The highest BCUT2D eigenvalue weighted by Gasteiger charge is 2.13. The predicted molar refractivity (Wildman–Crippen MR) is 83.8 cm³/mol. The van der Waals surface area contributed by atoms with Gasteiger partial charge >= 0.3 is 12.0 Å². The quantitative estimate of drug-likeness (QED) is 0.605. The summed E-state index contributed by atoms with van der Waals surface area (Å²) in [4.78, 5) is 24.1. The van der Waals surface area contributed by atoms with Crippen LogP contribution in [0, 0.1) is 0 Å². The van der Waals surface area contributed by atoms with Crippen molar-refractivity contribution in [3.8, 4) is 0 Å². The number of halogens is 1. The number of aliphatic hydroxyl groups excluding tert-OH is 1. The zero-order valence-electron chi connectivity index (χ0n) is 12.3. The molecule has 0 aliphatic heterocycles. The first-order chi connectivity index (χ1) is 10.5. The molecule has 22 heavy (non-hydrogen) atoms. The van der Waals surface area contributed by atoms with Gasteiger partial charge < -0.3 is 20.4 Å².